The maximum Gasteiger partial charge on any atom is -0.0258 e. The molecule has 0 bridgehead atoms. The average molecular weight is 657 g/mol. The van der Waals surface area contributed by atoms with Crippen molar-refractivity contribution in [2.75, 3.05) is 0 Å². The fourth-order valence-electron chi connectivity index (χ4n) is 17.0. The molecule has 0 radical (unpaired) electrons. The Balaban J connectivity index is 1.23. The SMILES string of the molecule is CC(C)(C)C1CC2C(C1)C(C)(C1C3CC4C(CC3C3CC5C(CC31)C(C)(C)CCC5(C)C)C(C)(C)CCC4(C)C)C[C@@H]2C1CC=CCC1. The van der Waals surface area contributed by atoms with Crippen LogP contribution in [0.4, 0.5) is 0 Å². The van der Waals surface area contributed by atoms with Gasteiger partial charge in [0, 0.05) is 0 Å². The zero-order chi connectivity index (χ0) is 34.4. The summed E-state index contributed by atoms with van der Waals surface area (Å²) >= 11 is 0. The Kier molecular flexibility index (Phi) is 8.07. The quantitative estimate of drug-likeness (QED) is 0.259. The number of allylic oxidation sites excluding steroid dienone is 2. The monoisotopic (exact) mass is 657 g/mol. The van der Waals surface area contributed by atoms with Crippen LogP contribution in [0.2, 0.25) is 0 Å². The Morgan fingerprint density at radius 2 is 0.938 bits per heavy atom. The molecular weight excluding hydrogens is 577 g/mol. The van der Waals surface area contributed by atoms with Crippen molar-refractivity contribution in [2.45, 2.75) is 173 Å². The van der Waals surface area contributed by atoms with E-state index in [1.807, 2.05) is 0 Å². The van der Waals surface area contributed by atoms with Crippen molar-refractivity contribution in [1.82, 2.24) is 0 Å². The zero-order valence-corrected chi connectivity index (χ0v) is 34.1. The lowest BCUT2D eigenvalue weighted by Crippen LogP contribution is -2.51. The normalized spacial score (nSPS) is 52.9. The van der Waals surface area contributed by atoms with E-state index in [1.165, 1.54) is 44.9 Å². The van der Waals surface area contributed by atoms with Crippen molar-refractivity contribution in [1.29, 1.82) is 0 Å². The van der Waals surface area contributed by atoms with Gasteiger partial charge in [0.05, 0.1) is 0 Å². The summed E-state index contributed by atoms with van der Waals surface area (Å²) in [5.41, 5.74) is 3.07. The molecule has 8 aliphatic rings. The van der Waals surface area contributed by atoms with Gasteiger partial charge >= 0.3 is 0 Å². The molecule has 8 rings (SSSR count). The predicted octanol–water partition coefficient (Wildman–Crippen LogP) is 13.9. The van der Waals surface area contributed by atoms with Gasteiger partial charge in [0.15, 0.2) is 0 Å². The molecule has 8 aliphatic carbocycles. The molecular formula is C48H80. The lowest BCUT2D eigenvalue weighted by Gasteiger charge is -2.59. The van der Waals surface area contributed by atoms with Gasteiger partial charge in [-0.05, 0) is 205 Å². The highest BCUT2D eigenvalue weighted by atomic mass is 14.7. The first-order valence-corrected chi connectivity index (χ1v) is 21.9. The van der Waals surface area contributed by atoms with E-state index in [2.05, 4.69) is 95.2 Å². The lowest BCUT2D eigenvalue weighted by atomic mass is 9.46. The van der Waals surface area contributed by atoms with Gasteiger partial charge in [-0.1, -0.05) is 95.2 Å². The summed E-state index contributed by atoms with van der Waals surface area (Å²) in [6.07, 6.45) is 26.1. The van der Waals surface area contributed by atoms with E-state index in [0.29, 0.717) is 32.5 Å². The summed E-state index contributed by atoms with van der Waals surface area (Å²) in [5, 5.41) is 0. The van der Waals surface area contributed by atoms with Gasteiger partial charge in [-0.15, -0.1) is 0 Å². The van der Waals surface area contributed by atoms with Crippen molar-refractivity contribution >= 4 is 0 Å². The maximum absolute atomic E-state index is 2.99. The molecule has 7 fully saturated rings. The topological polar surface area (TPSA) is 0 Å². The van der Waals surface area contributed by atoms with E-state index in [4.69, 9.17) is 0 Å². The molecule has 14 atom stereocenters. The summed E-state index contributed by atoms with van der Waals surface area (Å²) in [6.45, 7) is 32.4. The molecule has 7 saturated carbocycles. The second-order valence-corrected chi connectivity index (χ2v) is 24.7. The fraction of sp³-hybridized carbons (Fsp3) is 0.958. The summed E-state index contributed by atoms with van der Waals surface area (Å²) in [7, 11) is 0. The van der Waals surface area contributed by atoms with Crippen molar-refractivity contribution in [3.8, 4) is 0 Å². The summed E-state index contributed by atoms with van der Waals surface area (Å²) in [4.78, 5) is 0. The first-order valence-electron chi connectivity index (χ1n) is 21.9. The fourth-order valence-corrected chi connectivity index (χ4v) is 17.0. The molecule has 0 aromatic carbocycles. The second kappa shape index (κ2) is 11.1. The Morgan fingerprint density at radius 3 is 1.35 bits per heavy atom. The predicted molar refractivity (Wildman–Crippen MR) is 205 cm³/mol. The van der Waals surface area contributed by atoms with Crippen molar-refractivity contribution in [3.63, 3.8) is 0 Å². The average Bonchev–Trinajstić information content (AvgIpc) is 3.68. The molecule has 0 nitrogen and oxygen atoms in total. The van der Waals surface area contributed by atoms with Crippen LogP contribution in [0.1, 0.15) is 173 Å². The van der Waals surface area contributed by atoms with Crippen LogP contribution in [0.25, 0.3) is 0 Å². The van der Waals surface area contributed by atoms with Gasteiger partial charge in [-0.2, -0.15) is 0 Å². The molecule has 0 aromatic heterocycles. The van der Waals surface area contributed by atoms with Gasteiger partial charge in [0.2, 0.25) is 0 Å². The highest BCUT2D eigenvalue weighted by Gasteiger charge is 2.69. The standard InChI is InChI=1S/C48H80/c1-43(2,3)30-22-33-36(29-16-14-13-15-17-29)28-48(12,37(33)23-30)42-34-26-40-38(44(4,5)18-20-46(40,8)9)24-31(34)32-25-39-41(27-35(32)42)47(10,11)21-19-45(39,6)7/h13-14,29-42H,15-28H2,1-12H3/t29?,30?,31?,32?,33?,34?,35?,36-,37?,38?,39?,40?,41?,42?,48?/m1/s1. The first kappa shape index (κ1) is 34.8. The largest absolute Gasteiger partial charge is 0.0885 e. The third kappa shape index (κ3) is 5.20. The van der Waals surface area contributed by atoms with Crippen LogP contribution in [0.5, 0.6) is 0 Å². The van der Waals surface area contributed by atoms with Crippen LogP contribution in [-0.2, 0) is 0 Å². The van der Waals surface area contributed by atoms with Crippen LogP contribution in [0, 0.1) is 115 Å². The van der Waals surface area contributed by atoms with Gasteiger partial charge in [0.25, 0.3) is 0 Å². The number of hydrogen-bond donors (Lipinski definition) is 0. The molecule has 48 heavy (non-hydrogen) atoms. The number of hydrogen-bond acceptors (Lipinski definition) is 0. The molecule has 0 aromatic rings. The van der Waals surface area contributed by atoms with E-state index in [0.717, 1.165) is 82.9 Å². The Morgan fingerprint density at radius 1 is 0.479 bits per heavy atom. The van der Waals surface area contributed by atoms with Crippen LogP contribution >= 0.6 is 0 Å². The Hall–Kier alpha value is -0.260. The molecule has 0 heteroatoms. The van der Waals surface area contributed by atoms with E-state index in [-0.39, 0.29) is 0 Å². The minimum Gasteiger partial charge on any atom is -0.0885 e. The third-order valence-corrected chi connectivity index (χ3v) is 20.1. The summed E-state index contributed by atoms with van der Waals surface area (Å²) in [5.74, 6) is 13.6. The van der Waals surface area contributed by atoms with E-state index >= 15 is 0 Å². The molecule has 0 spiro atoms. The smallest absolute Gasteiger partial charge is 0.0258 e. The summed E-state index contributed by atoms with van der Waals surface area (Å²) < 4.78 is 0. The Bertz CT molecular complexity index is 1190. The maximum atomic E-state index is 2.99. The van der Waals surface area contributed by atoms with Crippen LogP contribution in [0.15, 0.2) is 12.2 Å². The molecule has 0 heterocycles. The summed E-state index contributed by atoms with van der Waals surface area (Å²) in [6, 6.07) is 0. The van der Waals surface area contributed by atoms with E-state index < -0.39 is 0 Å². The van der Waals surface area contributed by atoms with Crippen molar-refractivity contribution < 1.29 is 0 Å². The lowest BCUT2D eigenvalue weighted by molar-refractivity contribution is -0.0969. The second-order valence-electron chi connectivity index (χ2n) is 24.7. The molecule has 0 aliphatic heterocycles. The highest BCUT2D eigenvalue weighted by Crippen LogP contribution is 2.76. The molecule has 0 saturated heterocycles. The van der Waals surface area contributed by atoms with Gasteiger partial charge in [0.1, 0.15) is 0 Å². The molecule has 13 unspecified atom stereocenters. The van der Waals surface area contributed by atoms with E-state index in [1.54, 1.807) is 44.9 Å². The molecule has 0 amide bonds. The minimum atomic E-state index is 0.453. The van der Waals surface area contributed by atoms with Gasteiger partial charge in [-0.25, -0.2) is 0 Å². The first-order chi connectivity index (χ1) is 22.2. The number of fused-ring (bicyclic) bond motifs is 6. The zero-order valence-electron chi connectivity index (χ0n) is 34.1. The molecule has 272 valence electrons. The van der Waals surface area contributed by atoms with Crippen LogP contribution < -0.4 is 0 Å². The Labute approximate surface area is 299 Å². The van der Waals surface area contributed by atoms with Crippen LogP contribution in [-0.4, -0.2) is 0 Å². The van der Waals surface area contributed by atoms with Crippen LogP contribution in [0.3, 0.4) is 0 Å². The highest BCUT2D eigenvalue weighted by molar-refractivity contribution is 5.18. The van der Waals surface area contributed by atoms with E-state index in [9.17, 15) is 0 Å². The van der Waals surface area contributed by atoms with Gasteiger partial charge < -0.3 is 0 Å². The number of rotatable bonds is 2. The van der Waals surface area contributed by atoms with Crippen molar-refractivity contribution in [2.24, 2.45) is 115 Å². The molecule has 0 N–H and O–H groups in total. The minimum absolute atomic E-state index is 0.453. The van der Waals surface area contributed by atoms with Crippen molar-refractivity contribution in [3.05, 3.63) is 12.2 Å². The van der Waals surface area contributed by atoms with Gasteiger partial charge in [-0.3, -0.25) is 0 Å². The third-order valence-electron chi connectivity index (χ3n) is 20.1.